The van der Waals surface area contributed by atoms with Crippen LogP contribution in [0.25, 0.3) is 5.76 Å². The summed E-state index contributed by atoms with van der Waals surface area (Å²) in [6.45, 7) is -0.550. The predicted molar refractivity (Wildman–Crippen MR) is 93.9 cm³/mol. The van der Waals surface area contributed by atoms with Crippen LogP contribution in [0.4, 0.5) is 4.39 Å². The van der Waals surface area contributed by atoms with E-state index in [0.717, 1.165) is 12.0 Å². The molecule has 0 spiro atoms. The molecule has 1 atom stereocenters. The maximum absolute atomic E-state index is 14.5. The Morgan fingerprint density at radius 3 is 2.37 bits per heavy atom. The lowest BCUT2D eigenvalue weighted by atomic mass is 9.95. The summed E-state index contributed by atoms with van der Waals surface area (Å²) in [5, 5.41) is 10.7. The Kier molecular flexibility index (Phi) is 5.03. The fourth-order valence-corrected chi connectivity index (χ4v) is 3.02. The highest BCUT2D eigenvalue weighted by Gasteiger charge is 2.47. The third-order valence-electron chi connectivity index (χ3n) is 4.31. The number of Topliss-reactive ketones (excluding diaryl/α,β-unsaturated/α-hetero) is 1. The number of aliphatic hydroxyl groups is 1. The first-order chi connectivity index (χ1) is 13.0. The summed E-state index contributed by atoms with van der Waals surface area (Å²) in [4.78, 5) is 37.7. The van der Waals surface area contributed by atoms with Crippen molar-refractivity contribution in [1.29, 1.82) is 0 Å². The molecule has 1 saturated heterocycles. The van der Waals surface area contributed by atoms with Gasteiger partial charge in [0.2, 0.25) is 0 Å². The van der Waals surface area contributed by atoms with Crippen LogP contribution in [0.1, 0.15) is 17.2 Å². The van der Waals surface area contributed by atoms with Crippen LogP contribution in [0.15, 0.2) is 60.2 Å². The Labute approximate surface area is 154 Å². The molecule has 6 nitrogen and oxygen atoms in total. The molecule has 0 aromatic heterocycles. The highest BCUT2D eigenvalue weighted by atomic mass is 19.1. The van der Waals surface area contributed by atoms with Gasteiger partial charge in [-0.25, -0.2) is 4.39 Å². The molecule has 0 radical (unpaired) electrons. The summed E-state index contributed by atoms with van der Waals surface area (Å²) >= 11 is 0. The normalized spacial score (nSPS) is 18.6. The van der Waals surface area contributed by atoms with Gasteiger partial charge in [0, 0.05) is 11.1 Å². The zero-order chi connectivity index (χ0) is 19.6. The van der Waals surface area contributed by atoms with Gasteiger partial charge >= 0.3 is 5.97 Å². The number of hydrogen-bond donors (Lipinski definition) is 1. The largest absolute Gasteiger partial charge is 0.507 e. The first-order valence-electron chi connectivity index (χ1n) is 8.10. The van der Waals surface area contributed by atoms with Gasteiger partial charge in [-0.15, -0.1) is 0 Å². The van der Waals surface area contributed by atoms with Gasteiger partial charge in [0.15, 0.2) is 0 Å². The zero-order valence-electron chi connectivity index (χ0n) is 14.4. The number of carbonyl (C=O) groups is 3. The lowest BCUT2D eigenvalue weighted by Gasteiger charge is -2.24. The minimum atomic E-state index is -1.24. The number of nitrogens with zero attached hydrogens (tertiary/aromatic N) is 1. The second kappa shape index (κ2) is 7.41. The van der Waals surface area contributed by atoms with E-state index >= 15 is 0 Å². The van der Waals surface area contributed by atoms with Crippen molar-refractivity contribution in [1.82, 2.24) is 4.90 Å². The van der Waals surface area contributed by atoms with Gasteiger partial charge in [0.25, 0.3) is 11.7 Å². The number of halogens is 1. The molecule has 2 aromatic rings. The topological polar surface area (TPSA) is 83.9 Å². The van der Waals surface area contributed by atoms with Crippen molar-refractivity contribution in [3.05, 3.63) is 77.1 Å². The Hall–Kier alpha value is -3.48. The minimum absolute atomic E-state index is 0.00177. The van der Waals surface area contributed by atoms with Gasteiger partial charge in [-0.3, -0.25) is 14.4 Å². The van der Waals surface area contributed by atoms with Crippen molar-refractivity contribution in [2.75, 3.05) is 13.7 Å². The van der Waals surface area contributed by atoms with Gasteiger partial charge in [-0.05, 0) is 6.07 Å². The van der Waals surface area contributed by atoms with Crippen molar-refractivity contribution >= 4 is 23.4 Å². The van der Waals surface area contributed by atoms with E-state index in [0.29, 0.717) is 5.56 Å². The summed E-state index contributed by atoms with van der Waals surface area (Å²) in [6, 6.07) is 12.5. The Bertz CT molecular complexity index is 938. The number of amides is 1. The number of ketones is 1. The Morgan fingerprint density at radius 1 is 1.11 bits per heavy atom. The quantitative estimate of drug-likeness (QED) is 0.387. The molecule has 7 heteroatoms. The molecule has 27 heavy (non-hydrogen) atoms. The number of benzene rings is 2. The maximum atomic E-state index is 14.5. The molecule has 1 unspecified atom stereocenters. The molecule has 2 aromatic carbocycles. The van der Waals surface area contributed by atoms with E-state index in [1.165, 1.54) is 18.2 Å². The molecule has 1 N–H and O–H groups in total. The van der Waals surface area contributed by atoms with Crippen LogP contribution in [0.2, 0.25) is 0 Å². The SMILES string of the molecule is COC(=O)CN1C(=O)C(=O)/C(=C(/O)c2ccccc2)C1c1ccccc1F. The summed E-state index contributed by atoms with van der Waals surface area (Å²) in [6.07, 6.45) is 0. The van der Waals surface area contributed by atoms with Gasteiger partial charge < -0.3 is 14.7 Å². The van der Waals surface area contributed by atoms with Gasteiger partial charge in [-0.1, -0.05) is 48.5 Å². The highest BCUT2D eigenvalue weighted by Crippen LogP contribution is 2.40. The van der Waals surface area contributed by atoms with Crippen molar-refractivity contribution in [3.8, 4) is 0 Å². The molecule has 3 rings (SSSR count). The highest BCUT2D eigenvalue weighted by molar-refractivity contribution is 6.46. The Balaban J connectivity index is 2.21. The van der Waals surface area contributed by atoms with E-state index in [4.69, 9.17) is 0 Å². The van der Waals surface area contributed by atoms with E-state index in [1.807, 2.05) is 0 Å². The second-order valence-corrected chi connectivity index (χ2v) is 5.89. The average molecular weight is 369 g/mol. The number of esters is 1. The first-order valence-corrected chi connectivity index (χ1v) is 8.10. The second-order valence-electron chi connectivity index (χ2n) is 5.89. The molecule has 1 aliphatic rings. The number of rotatable bonds is 4. The van der Waals surface area contributed by atoms with E-state index in [2.05, 4.69) is 4.74 Å². The number of ether oxygens (including phenoxy) is 1. The summed E-state index contributed by atoms with van der Waals surface area (Å²) in [5.41, 5.74) is 0.0215. The van der Waals surface area contributed by atoms with Gasteiger partial charge in [-0.2, -0.15) is 0 Å². The van der Waals surface area contributed by atoms with Crippen LogP contribution in [-0.2, 0) is 19.1 Å². The first kappa shape index (κ1) is 18.3. The number of aliphatic hydroxyl groups excluding tert-OH is 1. The van der Waals surface area contributed by atoms with Crippen LogP contribution in [-0.4, -0.2) is 41.3 Å². The fourth-order valence-electron chi connectivity index (χ4n) is 3.02. The van der Waals surface area contributed by atoms with Crippen LogP contribution in [0.5, 0.6) is 0 Å². The van der Waals surface area contributed by atoms with Crippen LogP contribution < -0.4 is 0 Å². The number of carbonyl (C=O) groups excluding carboxylic acids is 3. The maximum Gasteiger partial charge on any atom is 0.325 e. The molecular weight excluding hydrogens is 353 g/mol. The third-order valence-corrected chi connectivity index (χ3v) is 4.31. The van der Waals surface area contributed by atoms with Crippen LogP contribution in [0.3, 0.4) is 0 Å². The number of hydrogen-bond acceptors (Lipinski definition) is 5. The fraction of sp³-hybridized carbons (Fsp3) is 0.150. The molecule has 1 heterocycles. The summed E-state index contributed by atoms with van der Waals surface area (Å²) in [7, 11) is 1.14. The number of likely N-dealkylation sites (tertiary alicyclic amines) is 1. The summed E-state index contributed by atoms with van der Waals surface area (Å²) < 4.78 is 19.0. The monoisotopic (exact) mass is 369 g/mol. The molecular formula is C20H16FNO5. The predicted octanol–water partition coefficient (Wildman–Crippen LogP) is 2.42. The molecule has 0 bridgehead atoms. The molecule has 1 fully saturated rings. The van der Waals surface area contributed by atoms with Crippen molar-refractivity contribution in [3.63, 3.8) is 0 Å². The lowest BCUT2D eigenvalue weighted by Crippen LogP contribution is -2.35. The summed E-state index contributed by atoms with van der Waals surface area (Å²) in [5.74, 6) is -3.87. The van der Waals surface area contributed by atoms with E-state index < -0.39 is 41.8 Å². The van der Waals surface area contributed by atoms with E-state index in [-0.39, 0.29) is 11.1 Å². The van der Waals surface area contributed by atoms with Crippen LogP contribution >= 0.6 is 0 Å². The molecule has 0 saturated carbocycles. The smallest absolute Gasteiger partial charge is 0.325 e. The number of methoxy groups -OCH3 is 1. The third kappa shape index (κ3) is 3.31. The minimum Gasteiger partial charge on any atom is -0.507 e. The van der Waals surface area contributed by atoms with Crippen molar-refractivity contribution in [2.24, 2.45) is 0 Å². The van der Waals surface area contributed by atoms with Gasteiger partial charge in [0.1, 0.15) is 18.1 Å². The molecule has 0 aliphatic carbocycles. The molecule has 1 aliphatic heterocycles. The van der Waals surface area contributed by atoms with Gasteiger partial charge in [0.05, 0.1) is 18.7 Å². The Morgan fingerprint density at radius 2 is 1.74 bits per heavy atom. The molecule has 138 valence electrons. The van der Waals surface area contributed by atoms with E-state index in [1.54, 1.807) is 36.4 Å². The lowest BCUT2D eigenvalue weighted by molar-refractivity contribution is -0.148. The van der Waals surface area contributed by atoms with Crippen molar-refractivity contribution < 1.29 is 28.6 Å². The average Bonchev–Trinajstić information content (AvgIpc) is 2.93. The van der Waals surface area contributed by atoms with E-state index in [9.17, 15) is 23.9 Å². The zero-order valence-corrected chi connectivity index (χ0v) is 14.4. The standard InChI is InChI=1S/C20H16FNO5/c1-27-15(23)11-22-17(13-9-5-6-10-14(13)21)16(19(25)20(22)26)18(24)12-7-3-2-4-8-12/h2-10,17,24H,11H2,1H3/b18-16+. The van der Waals surface area contributed by atoms with Crippen LogP contribution in [0, 0.1) is 5.82 Å². The molecule has 1 amide bonds. The van der Waals surface area contributed by atoms with Crippen molar-refractivity contribution in [2.45, 2.75) is 6.04 Å².